The first-order chi connectivity index (χ1) is 14.8. The van der Waals surface area contributed by atoms with Gasteiger partial charge in [-0.15, -0.1) is 0 Å². The molecule has 0 bridgehead atoms. The van der Waals surface area contributed by atoms with Crippen molar-refractivity contribution in [3.05, 3.63) is 78.4 Å². The minimum atomic E-state index is 0.629. The largest absolute Gasteiger partial charge is 0.490 e. The zero-order valence-corrected chi connectivity index (χ0v) is 18.6. The molecule has 0 saturated heterocycles. The smallest absolute Gasteiger partial charge is 0.119 e. The molecule has 2 saturated carbocycles. The quantitative estimate of drug-likeness (QED) is 0.444. The molecule has 0 N–H and O–H groups in total. The average molecular weight is 401 g/mol. The Labute approximate surface area is 182 Å². The Morgan fingerprint density at radius 2 is 1.43 bits per heavy atom. The molecule has 2 aliphatic rings. The lowest BCUT2D eigenvalue weighted by atomic mass is 9.64. The normalized spacial score (nSPS) is 26.7. The highest BCUT2D eigenvalue weighted by Gasteiger charge is 2.35. The lowest BCUT2D eigenvalue weighted by molar-refractivity contribution is 0.133. The maximum absolute atomic E-state index is 5.71. The van der Waals surface area contributed by atoms with Crippen LogP contribution < -0.4 is 4.74 Å². The third-order valence-electron chi connectivity index (χ3n) is 7.27. The molecule has 4 atom stereocenters. The number of benzene rings is 2. The zero-order valence-electron chi connectivity index (χ0n) is 18.6. The standard InChI is InChI=1S/C29H36O/c1-3-5-19-30-29-17-15-24(16-18-29)23-9-11-25(12-10-23)27-14-13-26-20-22(6-4-2)7-8-28(26)21-27/h3-6,9-12,15-18,22,26-28H,7-8,13-14,19-21H2,1-2H3/b5-3+,6-4+. The molecule has 0 amide bonds. The first-order valence-corrected chi connectivity index (χ1v) is 11.8. The highest BCUT2D eigenvalue weighted by Crippen LogP contribution is 2.47. The fourth-order valence-corrected chi connectivity index (χ4v) is 5.61. The van der Waals surface area contributed by atoms with Crippen LogP contribution in [0.25, 0.3) is 11.1 Å². The monoisotopic (exact) mass is 400 g/mol. The summed E-state index contributed by atoms with van der Waals surface area (Å²) < 4.78 is 5.71. The average Bonchev–Trinajstić information content (AvgIpc) is 2.80. The molecule has 4 rings (SSSR count). The zero-order chi connectivity index (χ0) is 20.8. The van der Waals surface area contributed by atoms with Gasteiger partial charge in [0.25, 0.3) is 0 Å². The van der Waals surface area contributed by atoms with E-state index in [1.165, 1.54) is 49.7 Å². The van der Waals surface area contributed by atoms with E-state index in [2.05, 4.69) is 67.6 Å². The Bertz CT molecular complexity index is 843. The number of rotatable bonds is 6. The van der Waals surface area contributed by atoms with Crippen molar-refractivity contribution < 1.29 is 4.74 Å². The maximum atomic E-state index is 5.71. The molecule has 2 aliphatic carbocycles. The van der Waals surface area contributed by atoms with Crippen LogP contribution in [-0.4, -0.2) is 6.61 Å². The number of hydrogen-bond acceptors (Lipinski definition) is 1. The van der Waals surface area contributed by atoms with Crippen molar-refractivity contribution in [2.75, 3.05) is 6.61 Å². The van der Waals surface area contributed by atoms with E-state index in [1.807, 2.05) is 19.1 Å². The molecule has 0 aliphatic heterocycles. The van der Waals surface area contributed by atoms with Crippen LogP contribution in [0.4, 0.5) is 0 Å². The van der Waals surface area contributed by atoms with Crippen LogP contribution in [0.3, 0.4) is 0 Å². The van der Waals surface area contributed by atoms with Crippen molar-refractivity contribution in [2.45, 2.75) is 58.3 Å². The van der Waals surface area contributed by atoms with Crippen molar-refractivity contribution in [3.63, 3.8) is 0 Å². The highest BCUT2D eigenvalue weighted by atomic mass is 16.5. The van der Waals surface area contributed by atoms with Crippen LogP contribution in [0.15, 0.2) is 72.8 Å². The van der Waals surface area contributed by atoms with Crippen molar-refractivity contribution in [1.82, 2.24) is 0 Å². The van der Waals surface area contributed by atoms with Crippen LogP contribution in [-0.2, 0) is 0 Å². The molecule has 0 radical (unpaired) electrons. The molecule has 4 unspecified atom stereocenters. The van der Waals surface area contributed by atoms with E-state index in [9.17, 15) is 0 Å². The fourth-order valence-electron chi connectivity index (χ4n) is 5.61. The molecule has 158 valence electrons. The summed E-state index contributed by atoms with van der Waals surface area (Å²) in [5, 5.41) is 0. The van der Waals surface area contributed by atoms with Crippen LogP contribution in [0.1, 0.15) is 63.9 Å². The van der Waals surface area contributed by atoms with E-state index in [-0.39, 0.29) is 0 Å². The van der Waals surface area contributed by atoms with Gasteiger partial charge in [-0.25, -0.2) is 0 Å². The van der Waals surface area contributed by atoms with E-state index < -0.39 is 0 Å². The minimum Gasteiger partial charge on any atom is -0.490 e. The third-order valence-corrected chi connectivity index (χ3v) is 7.27. The van der Waals surface area contributed by atoms with Gasteiger partial charge in [-0.3, -0.25) is 0 Å². The first kappa shape index (κ1) is 21.0. The molecule has 0 spiro atoms. The molecule has 2 aromatic carbocycles. The third kappa shape index (κ3) is 5.06. The second-order valence-corrected chi connectivity index (χ2v) is 9.16. The Balaban J connectivity index is 1.36. The summed E-state index contributed by atoms with van der Waals surface area (Å²) in [5.74, 6) is 4.42. The molecule has 2 aromatic rings. The fraction of sp³-hybridized carbons (Fsp3) is 0.448. The van der Waals surface area contributed by atoms with Gasteiger partial charge in [-0.1, -0.05) is 60.7 Å². The Morgan fingerprint density at radius 3 is 2.13 bits per heavy atom. The van der Waals surface area contributed by atoms with Crippen molar-refractivity contribution in [3.8, 4) is 16.9 Å². The van der Waals surface area contributed by atoms with Crippen LogP contribution in [0, 0.1) is 17.8 Å². The maximum Gasteiger partial charge on any atom is 0.119 e. The molecule has 0 heterocycles. The van der Waals surface area contributed by atoms with Crippen molar-refractivity contribution in [2.24, 2.45) is 17.8 Å². The van der Waals surface area contributed by atoms with E-state index in [4.69, 9.17) is 4.74 Å². The lowest BCUT2D eigenvalue weighted by Gasteiger charge is -2.41. The summed E-state index contributed by atoms with van der Waals surface area (Å²) in [5.41, 5.74) is 4.09. The predicted octanol–water partition coefficient (Wildman–Crippen LogP) is 8.18. The van der Waals surface area contributed by atoms with Gasteiger partial charge in [0.2, 0.25) is 0 Å². The SMILES string of the molecule is C/C=C/COc1ccc(-c2ccc(C3CCC4CC(/C=C/C)CCC4C3)cc2)cc1. The number of fused-ring (bicyclic) bond motifs is 1. The minimum absolute atomic E-state index is 0.629. The van der Waals surface area contributed by atoms with Gasteiger partial charge in [0.15, 0.2) is 0 Å². The molecule has 30 heavy (non-hydrogen) atoms. The Morgan fingerprint density at radius 1 is 0.767 bits per heavy atom. The molecular formula is C29H36O. The summed E-state index contributed by atoms with van der Waals surface area (Å²) >= 11 is 0. The summed E-state index contributed by atoms with van der Waals surface area (Å²) in [6, 6.07) is 17.8. The summed E-state index contributed by atoms with van der Waals surface area (Å²) in [6.07, 6.45) is 17.2. The number of allylic oxidation sites excluding steroid dienone is 3. The summed E-state index contributed by atoms with van der Waals surface area (Å²) in [7, 11) is 0. The number of ether oxygens (including phenoxy) is 1. The Kier molecular flexibility index (Phi) is 7.10. The predicted molar refractivity (Wildman–Crippen MR) is 128 cm³/mol. The molecular weight excluding hydrogens is 364 g/mol. The summed E-state index contributed by atoms with van der Waals surface area (Å²) in [4.78, 5) is 0. The lowest BCUT2D eigenvalue weighted by Crippen LogP contribution is -2.30. The Hall–Kier alpha value is -2.28. The molecule has 0 aromatic heterocycles. The van der Waals surface area contributed by atoms with Crippen LogP contribution in [0.5, 0.6) is 5.75 Å². The van der Waals surface area contributed by atoms with Gasteiger partial charge in [-0.2, -0.15) is 0 Å². The topological polar surface area (TPSA) is 9.23 Å². The molecule has 2 fully saturated rings. The van der Waals surface area contributed by atoms with E-state index in [0.29, 0.717) is 6.61 Å². The van der Waals surface area contributed by atoms with Gasteiger partial charge in [0, 0.05) is 0 Å². The number of hydrogen-bond donors (Lipinski definition) is 0. The highest BCUT2D eigenvalue weighted by molar-refractivity contribution is 5.64. The second-order valence-electron chi connectivity index (χ2n) is 9.16. The van der Waals surface area contributed by atoms with Gasteiger partial charge in [0.1, 0.15) is 12.4 Å². The van der Waals surface area contributed by atoms with Crippen molar-refractivity contribution in [1.29, 1.82) is 0 Å². The van der Waals surface area contributed by atoms with E-state index in [0.717, 1.165) is 29.4 Å². The molecule has 1 nitrogen and oxygen atoms in total. The van der Waals surface area contributed by atoms with Crippen LogP contribution in [0.2, 0.25) is 0 Å². The van der Waals surface area contributed by atoms with Gasteiger partial charge < -0.3 is 4.74 Å². The summed E-state index contributed by atoms with van der Waals surface area (Å²) in [6.45, 7) is 4.81. The van der Waals surface area contributed by atoms with E-state index >= 15 is 0 Å². The first-order valence-electron chi connectivity index (χ1n) is 11.8. The van der Waals surface area contributed by atoms with Crippen molar-refractivity contribution >= 4 is 0 Å². The van der Waals surface area contributed by atoms with Crippen LogP contribution >= 0.6 is 0 Å². The second kappa shape index (κ2) is 10.2. The van der Waals surface area contributed by atoms with Gasteiger partial charge >= 0.3 is 0 Å². The van der Waals surface area contributed by atoms with Gasteiger partial charge in [0.05, 0.1) is 0 Å². The van der Waals surface area contributed by atoms with E-state index in [1.54, 1.807) is 5.56 Å². The van der Waals surface area contributed by atoms with Gasteiger partial charge in [-0.05, 0) is 105 Å². The molecule has 1 heteroatoms.